The fourth-order valence-corrected chi connectivity index (χ4v) is 2.49. The third kappa shape index (κ3) is 8.18. The number of rotatable bonds is 9. The summed E-state index contributed by atoms with van der Waals surface area (Å²) in [7, 11) is 0. The zero-order chi connectivity index (χ0) is 15.8. The minimum Gasteiger partial charge on any atom is -0.309 e. The predicted octanol–water partition coefficient (Wildman–Crippen LogP) is 3.69. The Morgan fingerprint density at radius 2 is 1.52 bits per heavy atom. The average Bonchev–Trinajstić information content (AvgIpc) is 2.35. The standard InChI is InChI=1S/C18H33N3/c1-14(2)11-21(12-15(3)4)13-18-9-7-8-17(20-18)10-19-16(5)6/h7-9,14-16,19H,10-13H2,1-6H3. The Morgan fingerprint density at radius 3 is 2.05 bits per heavy atom. The summed E-state index contributed by atoms with van der Waals surface area (Å²) in [6.07, 6.45) is 0. The SMILES string of the molecule is CC(C)CN(Cc1cccc(CNC(C)C)n1)CC(C)C. The van der Waals surface area contributed by atoms with E-state index in [-0.39, 0.29) is 0 Å². The second kappa shape index (κ2) is 9.16. The second-order valence-electron chi connectivity index (χ2n) is 7.14. The zero-order valence-electron chi connectivity index (χ0n) is 14.7. The molecule has 0 saturated carbocycles. The van der Waals surface area contributed by atoms with Crippen LogP contribution in [0.3, 0.4) is 0 Å². The molecule has 3 heteroatoms. The van der Waals surface area contributed by atoms with Gasteiger partial charge in [-0.25, -0.2) is 0 Å². The Balaban J connectivity index is 2.67. The van der Waals surface area contributed by atoms with Gasteiger partial charge < -0.3 is 5.32 Å². The van der Waals surface area contributed by atoms with E-state index in [1.165, 1.54) is 5.69 Å². The van der Waals surface area contributed by atoms with Crippen molar-refractivity contribution in [1.29, 1.82) is 0 Å². The topological polar surface area (TPSA) is 28.2 Å². The molecule has 0 unspecified atom stereocenters. The van der Waals surface area contributed by atoms with E-state index in [1.54, 1.807) is 0 Å². The maximum absolute atomic E-state index is 4.79. The third-order valence-electron chi connectivity index (χ3n) is 3.19. The van der Waals surface area contributed by atoms with Crippen LogP contribution in [0.15, 0.2) is 18.2 Å². The summed E-state index contributed by atoms with van der Waals surface area (Å²) in [5.74, 6) is 1.38. The van der Waals surface area contributed by atoms with Crippen LogP contribution in [0.5, 0.6) is 0 Å². The lowest BCUT2D eigenvalue weighted by Crippen LogP contribution is -2.31. The van der Waals surface area contributed by atoms with Crippen molar-refractivity contribution in [2.24, 2.45) is 11.8 Å². The summed E-state index contributed by atoms with van der Waals surface area (Å²) < 4.78 is 0. The molecule has 1 heterocycles. The molecule has 0 bridgehead atoms. The van der Waals surface area contributed by atoms with Crippen LogP contribution in [0.4, 0.5) is 0 Å². The maximum atomic E-state index is 4.79. The lowest BCUT2D eigenvalue weighted by Gasteiger charge is -2.25. The van der Waals surface area contributed by atoms with E-state index >= 15 is 0 Å². The lowest BCUT2D eigenvalue weighted by molar-refractivity contribution is 0.209. The van der Waals surface area contributed by atoms with Gasteiger partial charge >= 0.3 is 0 Å². The van der Waals surface area contributed by atoms with E-state index in [2.05, 4.69) is 70.0 Å². The van der Waals surface area contributed by atoms with Gasteiger partial charge in [-0.3, -0.25) is 9.88 Å². The van der Waals surface area contributed by atoms with Crippen LogP contribution in [-0.2, 0) is 13.1 Å². The van der Waals surface area contributed by atoms with Gasteiger partial charge in [-0.1, -0.05) is 47.6 Å². The molecular weight excluding hydrogens is 258 g/mol. The Kier molecular flexibility index (Phi) is 7.91. The molecule has 0 radical (unpaired) electrons. The molecule has 21 heavy (non-hydrogen) atoms. The molecular formula is C18H33N3. The highest BCUT2D eigenvalue weighted by Crippen LogP contribution is 2.09. The van der Waals surface area contributed by atoms with Gasteiger partial charge in [-0.2, -0.15) is 0 Å². The predicted molar refractivity (Wildman–Crippen MR) is 91.2 cm³/mol. The molecule has 0 amide bonds. The van der Waals surface area contributed by atoms with E-state index in [9.17, 15) is 0 Å². The number of nitrogens with zero attached hydrogens (tertiary/aromatic N) is 2. The van der Waals surface area contributed by atoms with Gasteiger partial charge in [-0.05, 0) is 24.0 Å². The average molecular weight is 291 g/mol. The first-order valence-electron chi connectivity index (χ1n) is 8.27. The Morgan fingerprint density at radius 1 is 0.952 bits per heavy atom. The first-order chi connectivity index (χ1) is 9.86. The van der Waals surface area contributed by atoms with Crippen LogP contribution in [0.25, 0.3) is 0 Å². The minimum absolute atomic E-state index is 0.494. The van der Waals surface area contributed by atoms with E-state index in [0.29, 0.717) is 17.9 Å². The van der Waals surface area contributed by atoms with E-state index in [0.717, 1.165) is 31.9 Å². The monoisotopic (exact) mass is 291 g/mol. The minimum atomic E-state index is 0.494. The molecule has 3 nitrogen and oxygen atoms in total. The van der Waals surface area contributed by atoms with Gasteiger partial charge in [0.2, 0.25) is 0 Å². The summed E-state index contributed by atoms with van der Waals surface area (Å²) in [4.78, 5) is 7.32. The van der Waals surface area contributed by atoms with Gasteiger partial charge in [0.15, 0.2) is 0 Å². The highest BCUT2D eigenvalue weighted by atomic mass is 15.1. The first kappa shape index (κ1) is 18.1. The van der Waals surface area contributed by atoms with Crippen molar-refractivity contribution in [3.8, 4) is 0 Å². The molecule has 120 valence electrons. The molecule has 0 aromatic carbocycles. The summed E-state index contributed by atoms with van der Waals surface area (Å²) in [6.45, 7) is 17.5. The van der Waals surface area contributed by atoms with Gasteiger partial charge in [0.25, 0.3) is 0 Å². The van der Waals surface area contributed by atoms with Crippen molar-refractivity contribution in [2.45, 2.75) is 60.7 Å². The second-order valence-corrected chi connectivity index (χ2v) is 7.14. The van der Waals surface area contributed by atoms with Crippen molar-refractivity contribution in [3.05, 3.63) is 29.6 Å². The van der Waals surface area contributed by atoms with E-state index in [4.69, 9.17) is 4.98 Å². The van der Waals surface area contributed by atoms with Crippen LogP contribution in [0.1, 0.15) is 52.9 Å². The van der Waals surface area contributed by atoms with Crippen LogP contribution in [0, 0.1) is 11.8 Å². The van der Waals surface area contributed by atoms with E-state index < -0.39 is 0 Å². The normalized spacial score (nSPS) is 12.1. The van der Waals surface area contributed by atoms with Crippen molar-refractivity contribution in [2.75, 3.05) is 13.1 Å². The van der Waals surface area contributed by atoms with Crippen molar-refractivity contribution in [1.82, 2.24) is 15.2 Å². The number of nitrogens with one attached hydrogen (secondary N) is 1. The largest absolute Gasteiger partial charge is 0.309 e. The summed E-state index contributed by atoms with van der Waals surface area (Å²) in [6, 6.07) is 6.87. The fourth-order valence-electron chi connectivity index (χ4n) is 2.49. The molecule has 1 rings (SSSR count). The number of pyridine rings is 1. The molecule has 0 aliphatic heterocycles. The van der Waals surface area contributed by atoms with Gasteiger partial charge in [0.1, 0.15) is 0 Å². The molecule has 0 saturated heterocycles. The number of hydrogen-bond donors (Lipinski definition) is 1. The Bertz CT molecular complexity index is 389. The summed E-state index contributed by atoms with van der Waals surface area (Å²) in [5.41, 5.74) is 2.31. The van der Waals surface area contributed by atoms with Crippen molar-refractivity contribution < 1.29 is 0 Å². The molecule has 0 aliphatic rings. The molecule has 1 aromatic heterocycles. The van der Waals surface area contributed by atoms with Gasteiger partial charge in [-0.15, -0.1) is 0 Å². The molecule has 1 N–H and O–H groups in total. The molecule has 1 aromatic rings. The van der Waals surface area contributed by atoms with Crippen molar-refractivity contribution in [3.63, 3.8) is 0 Å². The lowest BCUT2D eigenvalue weighted by atomic mass is 10.1. The van der Waals surface area contributed by atoms with Crippen LogP contribution in [0.2, 0.25) is 0 Å². The first-order valence-corrected chi connectivity index (χ1v) is 8.27. The fraction of sp³-hybridized carbons (Fsp3) is 0.722. The third-order valence-corrected chi connectivity index (χ3v) is 3.19. The number of hydrogen-bond acceptors (Lipinski definition) is 3. The molecule has 0 aliphatic carbocycles. The molecule has 0 atom stereocenters. The Labute approximate surface area is 131 Å². The van der Waals surface area contributed by atoms with Gasteiger partial charge in [0.05, 0.1) is 11.4 Å². The quantitative estimate of drug-likeness (QED) is 0.752. The highest BCUT2D eigenvalue weighted by Gasteiger charge is 2.11. The summed E-state index contributed by atoms with van der Waals surface area (Å²) >= 11 is 0. The Hall–Kier alpha value is -0.930. The zero-order valence-corrected chi connectivity index (χ0v) is 14.7. The smallest absolute Gasteiger partial charge is 0.0547 e. The molecule has 0 fully saturated rings. The van der Waals surface area contributed by atoms with Gasteiger partial charge in [0, 0.05) is 32.2 Å². The maximum Gasteiger partial charge on any atom is 0.0547 e. The summed E-state index contributed by atoms with van der Waals surface area (Å²) in [5, 5.41) is 3.43. The van der Waals surface area contributed by atoms with Crippen LogP contribution < -0.4 is 5.32 Å². The molecule has 0 spiro atoms. The van der Waals surface area contributed by atoms with Crippen LogP contribution in [-0.4, -0.2) is 29.0 Å². The highest BCUT2D eigenvalue weighted by molar-refractivity contribution is 5.11. The number of aromatic nitrogens is 1. The van der Waals surface area contributed by atoms with E-state index in [1.807, 2.05) is 0 Å². The van der Waals surface area contributed by atoms with Crippen LogP contribution >= 0.6 is 0 Å². The van der Waals surface area contributed by atoms with Crippen molar-refractivity contribution >= 4 is 0 Å².